The lowest BCUT2D eigenvalue weighted by Gasteiger charge is -2.20. The van der Waals surface area contributed by atoms with Gasteiger partial charge in [0, 0.05) is 11.1 Å². The molecule has 1 N–H and O–H groups in total. The van der Waals surface area contributed by atoms with Crippen molar-refractivity contribution in [3.63, 3.8) is 0 Å². The lowest BCUT2D eigenvalue weighted by atomic mass is 10.0. The Hall–Kier alpha value is -5.55. The highest BCUT2D eigenvalue weighted by molar-refractivity contribution is 6.36. The van der Waals surface area contributed by atoms with Gasteiger partial charge in [-0.15, -0.1) is 0 Å². The van der Waals surface area contributed by atoms with Crippen molar-refractivity contribution < 1.29 is 19.4 Å². The number of benzene rings is 4. The standard InChI is InChI=1S/C20H18ClN3O2.C20H16ClN3O2.2CH4/c2*1-26-20-15-10-24(11-16(15)22-18(12-25)23-20)17-9-5-8-14(19(17)21)13-6-3-2-4-7-13;;/h2-9,25H,10-12H2,1H3;2-9,12H,10-11H2,1H3;2*1H4. The minimum absolute atomic E-state index is 0. The van der Waals surface area contributed by atoms with Gasteiger partial charge in [-0.2, -0.15) is 9.97 Å². The minimum atomic E-state index is -0.214. The summed E-state index contributed by atoms with van der Waals surface area (Å²) >= 11 is 13.5. The molecule has 0 fully saturated rings. The predicted octanol–water partition coefficient (Wildman–Crippen LogP) is 9.23. The number of rotatable bonds is 8. The average molecular weight is 766 g/mol. The first-order valence-corrected chi connectivity index (χ1v) is 17.3. The first kappa shape index (κ1) is 39.7. The maximum atomic E-state index is 11.1. The van der Waals surface area contributed by atoms with Gasteiger partial charge in [-0.3, -0.25) is 4.79 Å². The molecule has 0 amide bonds. The van der Waals surface area contributed by atoms with E-state index in [0.29, 0.717) is 60.1 Å². The number of carbonyl (C=O) groups excluding carboxylic acids is 1. The maximum Gasteiger partial charge on any atom is 0.222 e. The van der Waals surface area contributed by atoms with E-state index >= 15 is 0 Å². The average Bonchev–Trinajstić information content (AvgIpc) is 3.83. The van der Waals surface area contributed by atoms with Gasteiger partial charge in [-0.25, -0.2) is 9.97 Å². The molecule has 54 heavy (non-hydrogen) atoms. The van der Waals surface area contributed by atoms with Crippen molar-refractivity contribution >= 4 is 40.9 Å². The molecular formula is C42H42Cl2N6O4. The number of ether oxygens (including phenoxy) is 2. The Bertz CT molecular complexity index is 2240. The zero-order chi connectivity index (χ0) is 36.2. The van der Waals surface area contributed by atoms with Crippen LogP contribution >= 0.6 is 23.2 Å². The molecule has 278 valence electrons. The van der Waals surface area contributed by atoms with E-state index in [0.717, 1.165) is 56.1 Å². The van der Waals surface area contributed by atoms with Crippen molar-refractivity contribution in [2.45, 2.75) is 47.6 Å². The van der Waals surface area contributed by atoms with Crippen molar-refractivity contribution in [1.29, 1.82) is 0 Å². The number of aliphatic hydroxyl groups is 1. The van der Waals surface area contributed by atoms with Crippen LogP contribution in [0.3, 0.4) is 0 Å². The van der Waals surface area contributed by atoms with Crippen LogP contribution in [0.5, 0.6) is 11.8 Å². The van der Waals surface area contributed by atoms with Gasteiger partial charge >= 0.3 is 0 Å². The van der Waals surface area contributed by atoms with Gasteiger partial charge in [-0.05, 0) is 23.3 Å². The van der Waals surface area contributed by atoms with E-state index in [-0.39, 0.29) is 27.3 Å². The number of aldehydes is 1. The molecule has 2 aromatic heterocycles. The Labute approximate surface area is 326 Å². The second kappa shape index (κ2) is 17.5. The fourth-order valence-corrected chi connectivity index (χ4v) is 7.24. The lowest BCUT2D eigenvalue weighted by molar-refractivity contribution is 0.111. The number of halogens is 2. The third-order valence-corrected chi connectivity index (χ3v) is 9.79. The fraction of sp³-hybridized carbons (Fsp3) is 0.214. The van der Waals surface area contributed by atoms with Gasteiger partial charge in [0.1, 0.15) is 6.61 Å². The van der Waals surface area contributed by atoms with Crippen molar-refractivity contribution in [3.8, 4) is 34.0 Å². The summed E-state index contributed by atoms with van der Waals surface area (Å²) in [5.41, 5.74) is 9.46. The third kappa shape index (κ3) is 7.87. The number of nitrogens with zero attached hydrogens (tertiary/aromatic N) is 6. The molecule has 4 heterocycles. The fourth-order valence-electron chi connectivity index (χ4n) is 6.53. The van der Waals surface area contributed by atoms with Crippen LogP contribution in [0, 0.1) is 0 Å². The van der Waals surface area contributed by atoms with Crippen molar-refractivity contribution in [3.05, 3.63) is 141 Å². The van der Waals surface area contributed by atoms with Crippen LogP contribution in [0.1, 0.15) is 53.8 Å². The Morgan fingerprint density at radius 2 is 1.09 bits per heavy atom. The van der Waals surface area contributed by atoms with Gasteiger partial charge in [0.2, 0.25) is 11.8 Å². The summed E-state index contributed by atoms with van der Waals surface area (Å²) in [6, 6.07) is 32.1. The molecule has 0 saturated carbocycles. The molecule has 2 aliphatic heterocycles. The number of aliphatic hydroxyl groups excluding tert-OH is 1. The van der Waals surface area contributed by atoms with Crippen LogP contribution in [0.25, 0.3) is 22.3 Å². The topological polar surface area (TPSA) is 114 Å². The molecule has 0 saturated heterocycles. The molecule has 4 aromatic carbocycles. The van der Waals surface area contributed by atoms with Gasteiger partial charge in [0.05, 0.1) is 84.3 Å². The smallest absolute Gasteiger partial charge is 0.222 e. The van der Waals surface area contributed by atoms with E-state index in [2.05, 4.69) is 29.7 Å². The molecule has 8 rings (SSSR count). The molecular weight excluding hydrogens is 723 g/mol. The first-order chi connectivity index (χ1) is 25.4. The second-order valence-corrected chi connectivity index (χ2v) is 12.8. The molecule has 0 bridgehead atoms. The zero-order valence-electron chi connectivity index (χ0n) is 28.5. The van der Waals surface area contributed by atoms with E-state index in [1.54, 1.807) is 14.2 Å². The number of hydrogen-bond donors (Lipinski definition) is 1. The first-order valence-electron chi connectivity index (χ1n) is 16.5. The summed E-state index contributed by atoms with van der Waals surface area (Å²) in [5, 5.41) is 10.8. The van der Waals surface area contributed by atoms with Crippen LogP contribution in [-0.2, 0) is 32.8 Å². The number of carbonyl (C=O) groups is 1. The van der Waals surface area contributed by atoms with Crippen molar-refractivity contribution in [2.75, 3.05) is 24.0 Å². The van der Waals surface area contributed by atoms with Crippen molar-refractivity contribution in [1.82, 2.24) is 19.9 Å². The van der Waals surface area contributed by atoms with Gasteiger partial charge in [0.25, 0.3) is 0 Å². The highest BCUT2D eigenvalue weighted by Crippen LogP contribution is 2.41. The summed E-state index contributed by atoms with van der Waals surface area (Å²) < 4.78 is 10.7. The van der Waals surface area contributed by atoms with E-state index in [9.17, 15) is 9.90 Å². The molecule has 0 unspecified atom stereocenters. The minimum Gasteiger partial charge on any atom is -0.481 e. The van der Waals surface area contributed by atoms with E-state index in [1.807, 2.05) is 97.1 Å². The van der Waals surface area contributed by atoms with Crippen molar-refractivity contribution in [2.24, 2.45) is 0 Å². The predicted molar refractivity (Wildman–Crippen MR) is 215 cm³/mol. The lowest BCUT2D eigenvalue weighted by Crippen LogP contribution is -2.15. The SMILES string of the molecule is C.C.COc1nc(C=O)nc2c1CN(c1cccc(-c3ccccc3)c1Cl)C2.COc1nc(CO)nc2c1CN(c1cccc(-c3ccccc3)c1Cl)C2. The van der Waals surface area contributed by atoms with E-state index in [4.69, 9.17) is 32.7 Å². The summed E-state index contributed by atoms with van der Waals surface area (Å²) in [6.07, 6.45) is 0.633. The largest absolute Gasteiger partial charge is 0.481 e. The van der Waals surface area contributed by atoms with Gasteiger partial charge in [0.15, 0.2) is 17.9 Å². The van der Waals surface area contributed by atoms with Crippen LogP contribution in [0.15, 0.2) is 97.1 Å². The third-order valence-electron chi connectivity index (χ3n) is 8.99. The normalized spacial score (nSPS) is 12.4. The highest BCUT2D eigenvalue weighted by Gasteiger charge is 2.29. The second-order valence-electron chi connectivity index (χ2n) is 12.1. The maximum absolute atomic E-state index is 11.1. The number of fused-ring (bicyclic) bond motifs is 2. The monoisotopic (exact) mass is 764 g/mol. The Kier molecular flexibility index (Phi) is 12.9. The summed E-state index contributed by atoms with van der Waals surface area (Å²) in [4.78, 5) is 32.5. The van der Waals surface area contributed by atoms with Crippen LogP contribution in [0.2, 0.25) is 10.0 Å². The zero-order valence-corrected chi connectivity index (χ0v) is 30.0. The Balaban J connectivity index is 0.000000200. The summed E-state index contributed by atoms with van der Waals surface area (Å²) in [6.45, 7) is 2.12. The number of anilines is 2. The molecule has 10 nitrogen and oxygen atoms in total. The van der Waals surface area contributed by atoms with Crippen LogP contribution in [0.4, 0.5) is 11.4 Å². The molecule has 0 radical (unpaired) electrons. The quantitative estimate of drug-likeness (QED) is 0.151. The summed E-state index contributed by atoms with van der Waals surface area (Å²) in [7, 11) is 3.12. The Morgan fingerprint density at radius 1 is 0.630 bits per heavy atom. The van der Waals surface area contributed by atoms with Gasteiger partial charge < -0.3 is 24.4 Å². The highest BCUT2D eigenvalue weighted by atomic mass is 35.5. The van der Waals surface area contributed by atoms with Crippen LogP contribution < -0.4 is 19.3 Å². The molecule has 12 heteroatoms. The van der Waals surface area contributed by atoms with E-state index < -0.39 is 0 Å². The number of aromatic nitrogens is 4. The van der Waals surface area contributed by atoms with Gasteiger partial charge in [-0.1, -0.05) is 123 Å². The van der Waals surface area contributed by atoms with E-state index in [1.165, 1.54) is 0 Å². The number of methoxy groups -OCH3 is 2. The molecule has 0 atom stereocenters. The number of hydrogen-bond acceptors (Lipinski definition) is 10. The Morgan fingerprint density at radius 3 is 1.54 bits per heavy atom. The van der Waals surface area contributed by atoms with Crippen LogP contribution in [-0.4, -0.2) is 45.5 Å². The molecule has 0 spiro atoms. The molecule has 2 aliphatic rings. The molecule has 6 aromatic rings. The molecule has 0 aliphatic carbocycles. The summed E-state index contributed by atoms with van der Waals surface area (Å²) in [5.74, 6) is 1.45.